The third-order valence-corrected chi connectivity index (χ3v) is 6.05. The molecular weight excluding hydrogens is 248 g/mol. The van der Waals surface area contributed by atoms with Crippen LogP contribution < -0.4 is 0 Å². The molecule has 1 aromatic heterocycles. The number of para-hydroxylation sites is 2. The predicted molar refractivity (Wildman–Crippen MR) is 83.8 cm³/mol. The molecule has 2 aromatic rings. The van der Waals surface area contributed by atoms with Gasteiger partial charge in [-0.3, -0.25) is 0 Å². The number of rotatable bonds is 3. The van der Waals surface area contributed by atoms with Gasteiger partial charge in [0, 0.05) is 12.0 Å². The summed E-state index contributed by atoms with van der Waals surface area (Å²) in [7, 11) is -1.41. The van der Waals surface area contributed by atoms with Gasteiger partial charge in [0.25, 0.3) is 0 Å². The molecule has 0 bridgehead atoms. The molecule has 1 aromatic carbocycles. The highest BCUT2D eigenvalue weighted by Crippen LogP contribution is 2.31. The van der Waals surface area contributed by atoms with Crippen LogP contribution >= 0.6 is 0 Å². The van der Waals surface area contributed by atoms with Gasteiger partial charge in [0.05, 0.1) is 30.5 Å². The largest absolute Gasteiger partial charge is 0.250 e. The van der Waals surface area contributed by atoms with Gasteiger partial charge in [-0.05, 0) is 19.1 Å². The number of benzene rings is 1. The van der Waals surface area contributed by atoms with E-state index >= 15 is 0 Å². The van der Waals surface area contributed by atoms with Gasteiger partial charge in [-0.2, -0.15) is 0 Å². The monoisotopic (exact) mass is 268 g/mol. The van der Waals surface area contributed by atoms with Crippen LogP contribution in [0.5, 0.6) is 0 Å². The molecule has 0 N–H and O–H groups in total. The van der Waals surface area contributed by atoms with Crippen molar-refractivity contribution >= 4 is 19.1 Å². The van der Waals surface area contributed by atoms with Crippen molar-refractivity contribution in [1.29, 1.82) is 0 Å². The maximum atomic E-state index is 5.55. The van der Waals surface area contributed by atoms with Gasteiger partial charge in [0.1, 0.15) is 0 Å². The lowest BCUT2D eigenvalue weighted by molar-refractivity contribution is 0.861. The number of terminal acetylenes is 1. The number of fused-ring (bicyclic) bond motifs is 1. The molecule has 0 amide bonds. The second-order valence-corrected chi connectivity index (χ2v) is 11.4. The topological polar surface area (TPSA) is 25.8 Å². The summed E-state index contributed by atoms with van der Waals surface area (Å²) in [6.45, 7) is 9.06. The molecule has 1 unspecified atom stereocenters. The first-order valence-corrected chi connectivity index (χ1v) is 10.2. The van der Waals surface area contributed by atoms with Crippen LogP contribution in [-0.2, 0) is 0 Å². The highest BCUT2D eigenvalue weighted by molar-refractivity contribution is 6.77. The van der Waals surface area contributed by atoms with Crippen molar-refractivity contribution < 1.29 is 0 Å². The number of aryl methyl sites for hydroxylation is 1. The van der Waals surface area contributed by atoms with Crippen LogP contribution in [-0.4, -0.2) is 18.0 Å². The molecule has 0 aliphatic heterocycles. The summed E-state index contributed by atoms with van der Waals surface area (Å²) in [6.07, 6.45) is 6.30. The van der Waals surface area contributed by atoms with E-state index in [-0.39, 0.29) is 0 Å². The summed E-state index contributed by atoms with van der Waals surface area (Å²) in [5.74, 6) is 2.82. The first-order chi connectivity index (χ1) is 8.93. The number of aromatic nitrogens is 2. The first kappa shape index (κ1) is 13.8. The third-order valence-electron chi connectivity index (χ3n) is 3.48. The highest BCUT2D eigenvalue weighted by Gasteiger charge is 2.30. The van der Waals surface area contributed by atoms with Gasteiger partial charge in [0.2, 0.25) is 0 Å². The molecule has 3 heteroatoms. The molecule has 0 saturated carbocycles. The van der Waals surface area contributed by atoms with Gasteiger partial charge in [0.15, 0.2) is 0 Å². The Hall–Kier alpha value is -1.66. The van der Waals surface area contributed by atoms with E-state index in [0.29, 0.717) is 5.54 Å². The van der Waals surface area contributed by atoms with Crippen molar-refractivity contribution in [2.24, 2.45) is 0 Å². The molecule has 0 spiro atoms. The summed E-state index contributed by atoms with van der Waals surface area (Å²) >= 11 is 0. The SMILES string of the molecule is C#CCC(c1nc2ccccc2nc1C)[Si](C)(C)C. The van der Waals surface area contributed by atoms with Crippen LogP contribution in [0.3, 0.4) is 0 Å². The van der Waals surface area contributed by atoms with Crippen molar-refractivity contribution in [3.63, 3.8) is 0 Å². The van der Waals surface area contributed by atoms with Crippen LogP contribution in [0.25, 0.3) is 11.0 Å². The van der Waals surface area contributed by atoms with Crippen molar-refractivity contribution in [2.75, 3.05) is 0 Å². The van der Waals surface area contributed by atoms with Crippen molar-refractivity contribution in [3.05, 3.63) is 35.7 Å². The summed E-state index contributed by atoms with van der Waals surface area (Å²) in [5.41, 5.74) is 4.40. The Kier molecular flexibility index (Phi) is 3.72. The molecule has 0 saturated heterocycles. The summed E-state index contributed by atoms with van der Waals surface area (Å²) in [5, 5.41) is 0. The second kappa shape index (κ2) is 5.14. The molecule has 0 radical (unpaired) electrons. The Morgan fingerprint density at radius 2 is 1.74 bits per heavy atom. The summed E-state index contributed by atoms with van der Waals surface area (Å²) in [4.78, 5) is 9.52. The molecule has 0 fully saturated rings. The Bertz CT molecular complexity index is 635. The van der Waals surface area contributed by atoms with E-state index in [9.17, 15) is 0 Å². The zero-order valence-electron chi connectivity index (χ0n) is 12.1. The van der Waals surface area contributed by atoms with E-state index in [4.69, 9.17) is 11.4 Å². The summed E-state index contributed by atoms with van der Waals surface area (Å²) in [6, 6.07) is 8.01. The van der Waals surface area contributed by atoms with E-state index in [1.807, 2.05) is 31.2 Å². The van der Waals surface area contributed by atoms with E-state index < -0.39 is 8.07 Å². The Balaban J connectivity index is 2.60. The zero-order valence-corrected chi connectivity index (χ0v) is 13.1. The molecule has 1 atom stereocenters. The molecule has 2 nitrogen and oxygen atoms in total. The average Bonchev–Trinajstić information content (AvgIpc) is 2.34. The maximum Gasteiger partial charge on any atom is 0.0890 e. The Morgan fingerprint density at radius 1 is 1.16 bits per heavy atom. The lowest BCUT2D eigenvalue weighted by Gasteiger charge is -2.28. The zero-order chi connectivity index (χ0) is 14.0. The molecule has 2 rings (SSSR count). The predicted octanol–water partition coefficient (Wildman–Crippen LogP) is 3.92. The minimum absolute atomic E-state index is 0.370. The maximum absolute atomic E-state index is 5.55. The standard InChI is InChI=1S/C16H20N2Si/c1-6-9-15(19(3,4)5)16-12(2)17-13-10-7-8-11-14(13)18-16/h1,7-8,10-11,15H,9H2,2-5H3. The van der Waals surface area contributed by atoms with E-state index in [1.165, 1.54) is 0 Å². The van der Waals surface area contributed by atoms with Gasteiger partial charge in [-0.25, -0.2) is 9.97 Å². The van der Waals surface area contributed by atoms with E-state index in [2.05, 4.69) is 30.5 Å². The van der Waals surface area contributed by atoms with Crippen molar-refractivity contribution in [2.45, 2.75) is 38.5 Å². The Morgan fingerprint density at radius 3 is 2.26 bits per heavy atom. The minimum atomic E-state index is -1.41. The smallest absolute Gasteiger partial charge is 0.0890 e. The van der Waals surface area contributed by atoms with Gasteiger partial charge < -0.3 is 0 Å². The Labute approximate surface area is 116 Å². The molecule has 98 valence electrons. The first-order valence-electron chi connectivity index (χ1n) is 6.60. The average molecular weight is 268 g/mol. The lowest BCUT2D eigenvalue weighted by Crippen LogP contribution is -2.32. The quantitative estimate of drug-likeness (QED) is 0.623. The fraction of sp³-hybridized carbons (Fsp3) is 0.375. The lowest BCUT2D eigenvalue weighted by atomic mass is 10.1. The second-order valence-electron chi connectivity index (χ2n) is 6.01. The minimum Gasteiger partial charge on any atom is -0.250 e. The van der Waals surface area contributed by atoms with Gasteiger partial charge >= 0.3 is 0 Å². The number of nitrogens with zero attached hydrogens (tertiary/aromatic N) is 2. The third kappa shape index (κ3) is 2.85. The fourth-order valence-electron chi connectivity index (χ4n) is 2.36. The molecule has 0 aliphatic carbocycles. The molecule has 1 heterocycles. The van der Waals surface area contributed by atoms with Crippen LogP contribution in [0.15, 0.2) is 24.3 Å². The van der Waals surface area contributed by atoms with Gasteiger partial charge in [-0.1, -0.05) is 31.8 Å². The van der Waals surface area contributed by atoms with Crippen molar-refractivity contribution in [1.82, 2.24) is 9.97 Å². The van der Waals surface area contributed by atoms with Crippen LogP contribution in [0.4, 0.5) is 0 Å². The molecule has 19 heavy (non-hydrogen) atoms. The number of hydrogen-bond donors (Lipinski definition) is 0. The van der Waals surface area contributed by atoms with Crippen LogP contribution in [0.2, 0.25) is 19.6 Å². The molecular formula is C16H20N2Si. The summed E-state index contributed by atoms with van der Waals surface area (Å²) < 4.78 is 0. The van der Waals surface area contributed by atoms with E-state index in [0.717, 1.165) is 28.8 Å². The highest BCUT2D eigenvalue weighted by atomic mass is 28.3. The number of hydrogen-bond acceptors (Lipinski definition) is 2. The van der Waals surface area contributed by atoms with Crippen LogP contribution in [0.1, 0.15) is 23.3 Å². The fourth-order valence-corrected chi connectivity index (χ4v) is 4.19. The van der Waals surface area contributed by atoms with Crippen LogP contribution in [0, 0.1) is 19.3 Å². The van der Waals surface area contributed by atoms with E-state index in [1.54, 1.807) is 0 Å². The van der Waals surface area contributed by atoms with Crippen molar-refractivity contribution in [3.8, 4) is 12.3 Å². The van der Waals surface area contributed by atoms with Gasteiger partial charge in [-0.15, -0.1) is 12.3 Å². The molecule has 0 aliphatic rings. The normalized spacial score (nSPS) is 13.2.